The lowest BCUT2D eigenvalue weighted by Gasteiger charge is -2.29. The first kappa shape index (κ1) is 21.8. The van der Waals surface area contributed by atoms with Gasteiger partial charge in [-0.25, -0.2) is 0 Å². The molecule has 1 aliphatic carbocycles. The van der Waals surface area contributed by atoms with Crippen molar-refractivity contribution in [3.05, 3.63) is 40.1 Å². The summed E-state index contributed by atoms with van der Waals surface area (Å²) in [6.07, 6.45) is 4.84. The van der Waals surface area contributed by atoms with Crippen molar-refractivity contribution < 1.29 is 9.53 Å². The Morgan fingerprint density at radius 1 is 1.32 bits per heavy atom. The maximum Gasteiger partial charge on any atom is 0.273 e. The molecule has 0 radical (unpaired) electrons. The fourth-order valence-corrected chi connectivity index (χ4v) is 3.31. The first-order chi connectivity index (χ1) is 13.4. The Hall–Kier alpha value is -2.53. The van der Waals surface area contributed by atoms with E-state index in [1.807, 2.05) is 19.9 Å². The lowest BCUT2D eigenvalue weighted by Crippen LogP contribution is -2.40. The molecule has 7 nitrogen and oxygen atoms in total. The van der Waals surface area contributed by atoms with Crippen LogP contribution in [-0.2, 0) is 4.79 Å². The third kappa shape index (κ3) is 6.57. The van der Waals surface area contributed by atoms with E-state index in [0.717, 1.165) is 41.6 Å². The molecule has 0 heterocycles. The van der Waals surface area contributed by atoms with Crippen molar-refractivity contribution in [3.8, 4) is 11.8 Å². The van der Waals surface area contributed by atoms with Gasteiger partial charge in [0.2, 0.25) is 0 Å². The van der Waals surface area contributed by atoms with Gasteiger partial charge < -0.3 is 10.1 Å². The molecule has 0 saturated heterocycles. The number of aliphatic imine (C=N–C) groups is 1. The van der Waals surface area contributed by atoms with Gasteiger partial charge >= 0.3 is 0 Å². The normalized spacial score (nSPS) is 19.8. The van der Waals surface area contributed by atoms with E-state index >= 15 is 0 Å². The zero-order chi connectivity index (χ0) is 20.5. The van der Waals surface area contributed by atoms with Gasteiger partial charge in [0.15, 0.2) is 5.70 Å². The average molecular weight is 446 g/mol. The number of hydrogen-bond acceptors (Lipinski definition) is 6. The van der Waals surface area contributed by atoms with E-state index in [0.29, 0.717) is 5.56 Å². The largest absolute Gasteiger partial charge is 0.490 e. The topological polar surface area (TPSA) is 99.2 Å². The molecule has 1 amide bonds. The maximum absolute atomic E-state index is 12.4. The SMILES string of the molecule is CN=N/C(=C\N=C(C)C)C(=O)NC1CCC(Oc2ccc(C#N)c(Br)c2)CC1. The van der Waals surface area contributed by atoms with Crippen LogP contribution in [0.2, 0.25) is 0 Å². The summed E-state index contributed by atoms with van der Waals surface area (Å²) in [6, 6.07) is 7.54. The van der Waals surface area contributed by atoms with Crippen molar-refractivity contribution in [3.63, 3.8) is 0 Å². The average Bonchev–Trinajstić information content (AvgIpc) is 2.66. The van der Waals surface area contributed by atoms with Crippen LogP contribution < -0.4 is 10.1 Å². The van der Waals surface area contributed by atoms with Crippen LogP contribution in [0.15, 0.2) is 49.8 Å². The number of nitriles is 1. The molecule has 1 aromatic carbocycles. The Labute approximate surface area is 173 Å². The summed E-state index contributed by atoms with van der Waals surface area (Å²) in [5.74, 6) is 0.468. The number of halogens is 1. The molecule has 148 valence electrons. The second-order valence-corrected chi connectivity index (χ2v) is 7.56. The highest BCUT2D eigenvalue weighted by Gasteiger charge is 2.24. The molecule has 1 N–H and O–H groups in total. The molecule has 1 aliphatic rings. The number of hydrogen-bond donors (Lipinski definition) is 1. The van der Waals surface area contributed by atoms with Crippen LogP contribution >= 0.6 is 15.9 Å². The molecule has 1 saturated carbocycles. The zero-order valence-electron chi connectivity index (χ0n) is 16.3. The third-order valence-corrected chi connectivity index (χ3v) is 4.91. The Balaban J connectivity index is 1.88. The second kappa shape index (κ2) is 10.7. The Morgan fingerprint density at radius 3 is 2.61 bits per heavy atom. The molecule has 0 aromatic heterocycles. The predicted octanol–water partition coefficient (Wildman–Crippen LogP) is 4.53. The highest BCUT2D eigenvalue weighted by molar-refractivity contribution is 9.10. The summed E-state index contributed by atoms with van der Waals surface area (Å²) in [5, 5.41) is 19.6. The van der Waals surface area contributed by atoms with Gasteiger partial charge in [0.1, 0.15) is 11.8 Å². The number of nitrogens with zero attached hydrogens (tertiary/aromatic N) is 4. The Kier molecular flexibility index (Phi) is 8.33. The van der Waals surface area contributed by atoms with E-state index in [2.05, 4.69) is 42.5 Å². The van der Waals surface area contributed by atoms with Crippen LogP contribution in [0, 0.1) is 11.3 Å². The summed E-state index contributed by atoms with van der Waals surface area (Å²) in [5.41, 5.74) is 1.61. The molecule has 0 atom stereocenters. The smallest absolute Gasteiger partial charge is 0.273 e. The Morgan fingerprint density at radius 2 is 2.04 bits per heavy atom. The van der Waals surface area contributed by atoms with Gasteiger partial charge in [0.25, 0.3) is 5.91 Å². The van der Waals surface area contributed by atoms with Gasteiger partial charge in [-0.1, -0.05) is 0 Å². The number of rotatable bonds is 6. The summed E-state index contributed by atoms with van der Waals surface area (Å²) in [4.78, 5) is 16.6. The van der Waals surface area contributed by atoms with E-state index in [-0.39, 0.29) is 23.8 Å². The van der Waals surface area contributed by atoms with Crippen LogP contribution in [0.5, 0.6) is 5.75 Å². The van der Waals surface area contributed by atoms with E-state index in [9.17, 15) is 4.79 Å². The summed E-state index contributed by atoms with van der Waals surface area (Å²) < 4.78 is 6.75. The third-order valence-electron chi connectivity index (χ3n) is 4.26. The number of benzene rings is 1. The predicted molar refractivity (Wildman–Crippen MR) is 111 cm³/mol. The highest BCUT2D eigenvalue weighted by Crippen LogP contribution is 2.27. The summed E-state index contributed by atoms with van der Waals surface area (Å²) in [7, 11) is 1.52. The van der Waals surface area contributed by atoms with Crippen molar-refractivity contribution in [2.75, 3.05) is 7.05 Å². The van der Waals surface area contributed by atoms with E-state index in [4.69, 9.17) is 10.00 Å². The zero-order valence-corrected chi connectivity index (χ0v) is 17.9. The minimum atomic E-state index is -0.268. The van der Waals surface area contributed by atoms with Crippen molar-refractivity contribution in [1.29, 1.82) is 5.26 Å². The molecule has 2 rings (SSSR count). The van der Waals surface area contributed by atoms with Crippen molar-refractivity contribution in [2.24, 2.45) is 15.2 Å². The molecule has 8 heteroatoms. The lowest BCUT2D eigenvalue weighted by molar-refractivity contribution is -0.118. The monoisotopic (exact) mass is 445 g/mol. The first-order valence-electron chi connectivity index (χ1n) is 9.11. The van der Waals surface area contributed by atoms with Gasteiger partial charge in [-0.05, 0) is 73.7 Å². The van der Waals surface area contributed by atoms with E-state index in [1.165, 1.54) is 13.2 Å². The molecule has 1 aromatic rings. The van der Waals surface area contributed by atoms with Crippen molar-refractivity contribution >= 4 is 27.5 Å². The molecule has 0 unspecified atom stereocenters. The van der Waals surface area contributed by atoms with Gasteiger partial charge in [-0.3, -0.25) is 9.79 Å². The van der Waals surface area contributed by atoms with Gasteiger partial charge in [0, 0.05) is 23.3 Å². The number of carbonyl (C=O) groups is 1. The molecule has 0 bridgehead atoms. The van der Waals surface area contributed by atoms with Crippen molar-refractivity contribution in [1.82, 2.24) is 5.32 Å². The Bertz CT molecular complexity index is 829. The van der Waals surface area contributed by atoms with Crippen LogP contribution in [0.1, 0.15) is 45.1 Å². The number of nitrogens with one attached hydrogen (secondary N) is 1. The van der Waals surface area contributed by atoms with Crippen LogP contribution in [0.25, 0.3) is 0 Å². The standard InChI is InChI=1S/C20H24BrN5O2/c1-13(2)24-12-19(26-23-3)20(27)25-15-5-8-16(9-6-15)28-17-7-4-14(11-22)18(21)10-17/h4,7,10,12,15-16H,5-6,8-9H2,1-3H3,(H,25,27)/b19-12-,26-23?. The molecular formula is C20H24BrN5O2. The minimum Gasteiger partial charge on any atom is -0.490 e. The fourth-order valence-electron chi connectivity index (χ4n) is 2.86. The molecule has 0 aliphatic heterocycles. The van der Waals surface area contributed by atoms with Gasteiger partial charge in [0.05, 0.1) is 17.9 Å². The molecule has 28 heavy (non-hydrogen) atoms. The van der Waals surface area contributed by atoms with Crippen LogP contribution in [-0.4, -0.2) is 30.8 Å². The van der Waals surface area contributed by atoms with Crippen LogP contribution in [0.3, 0.4) is 0 Å². The van der Waals surface area contributed by atoms with Crippen molar-refractivity contribution in [2.45, 2.75) is 51.7 Å². The van der Waals surface area contributed by atoms with Crippen LogP contribution in [0.4, 0.5) is 0 Å². The quantitative estimate of drug-likeness (QED) is 0.395. The lowest BCUT2D eigenvalue weighted by atomic mass is 9.93. The van der Waals surface area contributed by atoms with Gasteiger partial charge in [-0.15, -0.1) is 5.11 Å². The molecular weight excluding hydrogens is 422 g/mol. The fraction of sp³-hybridized carbons (Fsp3) is 0.450. The number of carbonyl (C=O) groups excluding carboxylic acids is 1. The molecule has 1 fully saturated rings. The highest BCUT2D eigenvalue weighted by atomic mass is 79.9. The number of azo groups is 1. The van der Waals surface area contributed by atoms with E-state index in [1.54, 1.807) is 12.1 Å². The molecule has 0 spiro atoms. The number of amides is 1. The van der Waals surface area contributed by atoms with E-state index < -0.39 is 0 Å². The van der Waals surface area contributed by atoms with Gasteiger partial charge in [-0.2, -0.15) is 10.4 Å². The maximum atomic E-state index is 12.4. The first-order valence-corrected chi connectivity index (χ1v) is 9.90. The second-order valence-electron chi connectivity index (χ2n) is 6.71. The minimum absolute atomic E-state index is 0.0715. The summed E-state index contributed by atoms with van der Waals surface area (Å²) in [6.45, 7) is 3.70. The summed E-state index contributed by atoms with van der Waals surface area (Å²) >= 11 is 3.38. The number of ether oxygens (including phenoxy) is 1.